The van der Waals surface area contributed by atoms with Crippen LogP contribution in [0.1, 0.15) is 33.1 Å². The van der Waals surface area contributed by atoms with E-state index in [9.17, 15) is 4.79 Å². The molecule has 18 heavy (non-hydrogen) atoms. The maximum atomic E-state index is 11.4. The summed E-state index contributed by atoms with van der Waals surface area (Å²) in [5.74, 6) is 0.744. The zero-order chi connectivity index (χ0) is 13.1. The van der Waals surface area contributed by atoms with E-state index in [0.717, 1.165) is 38.3 Å². The highest BCUT2D eigenvalue weighted by atomic mass is 127. The number of aliphatic imine (C=N–C) groups is 1. The summed E-state index contributed by atoms with van der Waals surface area (Å²) >= 11 is 0. The van der Waals surface area contributed by atoms with Crippen LogP contribution < -0.4 is 10.6 Å². The van der Waals surface area contributed by atoms with Gasteiger partial charge in [0.15, 0.2) is 5.96 Å². The van der Waals surface area contributed by atoms with Crippen molar-refractivity contribution in [2.24, 2.45) is 4.99 Å². The third kappa shape index (κ3) is 10.6. The monoisotopic (exact) mass is 370 g/mol. The summed E-state index contributed by atoms with van der Waals surface area (Å²) in [6.45, 7) is 6.20. The molecule has 0 aromatic carbocycles. The van der Waals surface area contributed by atoms with Crippen molar-refractivity contribution >= 4 is 35.8 Å². The van der Waals surface area contributed by atoms with Gasteiger partial charge in [-0.15, -0.1) is 24.0 Å². The van der Waals surface area contributed by atoms with E-state index in [4.69, 9.17) is 0 Å². The number of likely N-dealkylation sites (N-methyl/N-ethyl adjacent to an activating group) is 1. The van der Waals surface area contributed by atoms with Crippen molar-refractivity contribution < 1.29 is 4.79 Å². The van der Waals surface area contributed by atoms with Gasteiger partial charge in [0, 0.05) is 27.2 Å². The van der Waals surface area contributed by atoms with Crippen molar-refractivity contribution in [1.29, 1.82) is 0 Å². The molecule has 6 heteroatoms. The lowest BCUT2D eigenvalue weighted by Gasteiger charge is -2.12. The molecule has 0 spiro atoms. The van der Waals surface area contributed by atoms with Gasteiger partial charge in [0.1, 0.15) is 6.54 Å². The quantitative estimate of drug-likeness (QED) is 0.309. The summed E-state index contributed by atoms with van der Waals surface area (Å²) in [5, 5.41) is 6.41. The van der Waals surface area contributed by atoms with Crippen molar-refractivity contribution in [3.63, 3.8) is 0 Å². The third-order valence-corrected chi connectivity index (χ3v) is 2.24. The molecule has 0 rings (SSSR count). The molecule has 0 aliphatic rings. The predicted molar refractivity (Wildman–Crippen MR) is 87.6 cm³/mol. The Kier molecular flexibility index (Phi) is 14.2. The zero-order valence-corrected chi connectivity index (χ0v) is 14.3. The van der Waals surface area contributed by atoms with Crippen LogP contribution in [0.15, 0.2) is 4.99 Å². The van der Waals surface area contributed by atoms with Gasteiger partial charge < -0.3 is 15.5 Å². The van der Waals surface area contributed by atoms with Gasteiger partial charge in [0.25, 0.3) is 0 Å². The standard InChI is InChI=1S/C12H26N4O.HI/c1-5-7-9-14-12(13-8-6-2)15-10-11(17)16(3)4;/h5-10H2,1-4H3,(H2,13,14,15);1H. The lowest BCUT2D eigenvalue weighted by atomic mass is 10.3. The molecule has 0 heterocycles. The summed E-state index contributed by atoms with van der Waals surface area (Å²) in [6.07, 6.45) is 3.29. The first-order valence-corrected chi connectivity index (χ1v) is 6.34. The highest BCUT2D eigenvalue weighted by Crippen LogP contribution is 1.85. The number of carbonyl (C=O) groups is 1. The molecule has 2 N–H and O–H groups in total. The second-order valence-corrected chi connectivity index (χ2v) is 4.16. The molecular weight excluding hydrogens is 343 g/mol. The average molecular weight is 370 g/mol. The minimum Gasteiger partial charge on any atom is -0.356 e. The first-order valence-electron chi connectivity index (χ1n) is 6.34. The summed E-state index contributed by atoms with van der Waals surface area (Å²) in [4.78, 5) is 17.2. The van der Waals surface area contributed by atoms with Crippen LogP contribution >= 0.6 is 24.0 Å². The fourth-order valence-electron chi connectivity index (χ4n) is 1.09. The number of carbonyl (C=O) groups excluding carboxylic acids is 1. The average Bonchev–Trinajstić information content (AvgIpc) is 2.31. The van der Waals surface area contributed by atoms with Gasteiger partial charge in [0.2, 0.25) is 5.91 Å². The Morgan fingerprint density at radius 1 is 1.11 bits per heavy atom. The Morgan fingerprint density at radius 3 is 2.22 bits per heavy atom. The first-order chi connectivity index (χ1) is 8.11. The number of hydrogen-bond acceptors (Lipinski definition) is 2. The third-order valence-electron chi connectivity index (χ3n) is 2.24. The summed E-state index contributed by atoms with van der Waals surface area (Å²) in [7, 11) is 3.48. The zero-order valence-electron chi connectivity index (χ0n) is 12.0. The van der Waals surface area contributed by atoms with E-state index in [-0.39, 0.29) is 36.4 Å². The van der Waals surface area contributed by atoms with Crippen molar-refractivity contribution in [3.05, 3.63) is 0 Å². The molecule has 1 amide bonds. The number of guanidine groups is 1. The first kappa shape index (κ1) is 19.8. The van der Waals surface area contributed by atoms with Crippen LogP contribution in [-0.2, 0) is 4.79 Å². The van der Waals surface area contributed by atoms with Gasteiger partial charge in [-0.3, -0.25) is 4.79 Å². The normalized spacial score (nSPS) is 10.6. The van der Waals surface area contributed by atoms with Crippen LogP contribution in [0.5, 0.6) is 0 Å². The fraction of sp³-hybridized carbons (Fsp3) is 0.833. The van der Waals surface area contributed by atoms with Crippen LogP contribution in [0.4, 0.5) is 0 Å². The molecule has 0 aliphatic heterocycles. The van der Waals surface area contributed by atoms with Gasteiger partial charge in [-0.2, -0.15) is 0 Å². The maximum Gasteiger partial charge on any atom is 0.243 e. The predicted octanol–water partition coefficient (Wildman–Crippen LogP) is 1.44. The molecule has 0 bridgehead atoms. The van der Waals surface area contributed by atoms with Crippen LogP contribution in [0, 0.1) is 0 Å². The van der Waals surface area contributed by atoms with E-state index in [1.807, 2.05) is 0 Å². The van der Waals surface area contributed by atoms with Crippen molar-refractivity contribution in [2.45, 2.75) is 33.1 Å². The van der Waals surface area contributed by atoms with Crippen LogP contribution in [0.25, 0.3) is 0 Å². The number of unbranched alkanes of at least 4 members (excludes halogenated alkanes) is 1. The van der Waals surface area contributed by atoms with Crippen LogP contribution in [0.2, 0.25) is 0 Å². The van der Waals surface area contributed by atoms with Crippen LogP contribution in [0.3, 0.4) is 0 Å². The minimum atomic E-state index is 0. The molecule has 0 radical (unpaired) electrons. The Bertz CT molecular complexity index is 244. The van der Waals surface area contributed by atoms with Gasteiger partial charge >= 0.3 is 0 Å². The molecule has 0 fully saturated rings. The molecule has 108 valence electrons. The summed E-state index contributed by atoms with van der Waals surface area (Å²) < 4.78 is 0. The Hall–Kier alpha value is -0.530. The lowest BCUT2D eigenvalue weighted by Crippen LogP contribution is -2.39. The van der Waals surface area contributed by atoms with E-state index in [2.05, 4.69) is 29.5 Å². The van der Waals surface area contributed by atoms with E-state index >= 15 is 0 Å². The topological polar surface area (TPSA) is 56.7 Å². The second-order valence-electron chi connectivity index (χ2n) is 4.16. The number of amides is 1. The molecule has 0 aliphatic carbocycles. The van der Waals surface area contributed by atoms with Gasteiger partial charge in [-0.25, -0.2) is 4.99 Å². The molecule has 0 atom stereocenters. The van der Waals surface area contributed by atoms with Gasteiger partial charge in [0.05, 0.1) is 0 Å². The molecule has 0 aromatic heterocycles. The van der Waals surface area contributed by atoms with E-state index in [1.54, 1.807) is 19.0 Å². The fourth-order valence-corrected chi connectivity index (χ4v) is 1.09. The van der Waals surface area contributed by atoms with Crippen molar-refractivity contribution in [1.82, 2.24) is 15.5 Å². The van der Waals surface area contributed by atoms with Crippen molar-refractivity contribution in [3.8, 4) is 0 Å². The van der Waals surface area contributed by atoms with E-state index in [1.165, 1.54) is 0 Å². The summed E-state index contributed by atoms with van der Waals surface area (Å²) in [5.41, 5.74) is 0. The number of nitrogens with zero attached hydrogens (tertiary/aromatic N) is 2. The highest BCUT2D eigenvalue weighted by molar-refractivity contribution is 14.0. The lowest BCUT2D eigenvalue weighted by molar-refractivity contribution is -0.127. The largest absolute Gasteiger partial charge is 0.356 e. The molecule has 0 aromatic rings. The maximum absolute atomic E-state index is 11.4. The molecule has 0 unspecified atom stereocenters. The van der Waals surface area contributed by atoms with Crippen molar-refractivity contribution in [2.75, 3.05) is 33.7 Å². The van der Waals surface area contributed by atoms with Crippen LogP contribution in [-0.4, -0.2) is 50.5 Å². The van der Waals surface area contributed by atoms with Gasteiger partial charge in [-0.05, 0) is 12.8 Å². The molecular formula is C12H27IN4O. The minimum absolute atomic E-state index is 0. The molecule has 0 saturated heterocycles. The Labute approximate surface area is 128 Å². The van der Waals surface area contributed by atoms with Gasteiger partial charge in [-0.1, -0.05) is 20.3 Å². The van der Waals surface area contributed by atoms with E-state index in [0.29, 0.717) is 0 Å². The number of rotatable bonds is 7. The SMILES string of the molecule is CCCCNC(=NCC(=O)N(C)C)NCCC.I. The Morgan fingerprint density at radius 2 is 1.72 bits per heavy atom. The summed E-state index contributed by atoms with van der Waals surface area (Å²) in [6, 6.07) is 0. The Balaban J connectivity index is 0. The molecule has 5 nitrogen and oxygen atoms in total. The number of halogens is 1. The number of hydrogen-bond donors (Lipinski definition) is 2. The second kappa shape index (κ2) is 12.9. The smallest absolute Gasteiger partial charge is 0.243 e. The highest BCUT2D eigenvalue weighted by Gasteiger charge is 2.03. The number of nitrogens with one attached hydrogen (secondary N) is 2. The molecule has 0 saturated carbocycles. The van der Waals surface area contributed by atoms with E-state index < -0.39 is 0 Å².